The average molecular weight is 384 g/mol. The lowest BCUT2D eigenvalue weighted by Gasteiger charge is -2.39. The van der Waals surface area contributed by atoms with Crippen LogP contribution in [0.2, 0.25) is 0 Å². The molecule has 7 nitrogen and oxygen atoms in total. The number of nitrogens with one attached hydrogen (secondary N) is 1. The molecule has 7 heteroatoms. The minimum Gasteiger partial charge on any atom is -0.467 e. The summed E-state index contributed by atoms with van der Waals surface area (Å²) in [6.07, 6.45) is 2.88. The fourth-order valence-electron chi connectivity index (χ4n) is 3.63. The van der Waals surface area contributed by atoms with Crippen LogP contribution in [-0.2, 0) is 19.1 Å². The van der Waals surface area contributed by atoms with Gasteiger partial charge in [0.05, 0.1) is 13.2 Å². The van der Waals surface area contributed by atoms with Crippen LogP contribution in [0.4, 0.5) is 0 Å². The number of methoxy groups -OCH3 is 1. The molecule has 1 N–H and O–H groups in total. The molecular formula is C20H37N3O4. The van der Waals surface area contributed by atoms with Crippen molar-refractivity contribution in [2.24, 2.45) is 11.3 Å². The maximum atomic E-state index is 13.2. The van der Waals surface area contributed by atoms with Crippen LogP contribution in [0.25, 0.3) is 0 Å². The third-order valence-electron chi connectivity index (χ3n) is 5.31. The summed E-state index contributed by atoms with van der Waals surface area (Å²) in [5.41, 5.74) is -0.494. The van der Waals surface area contributed by atoms with Crippen molar-refractivity contribution >= 4 is 17.8 Å². The first-order chi connectivity index (χ1) is 12.4. The topological polar surface area (TPSA) is 79.0 Å². The highest BCUT2D eigenvalue weighted by Crippen LogP contribution is 2.24. The van der Waals surface area contributed by atoms with Gasteiger partial charge >= 0.3 is 5.97 Å². The molecule has 0 saturated carbocycles. The van der Waals surface area contributed by atoms with Gasteiger partial charge in [0, 0.05) is 7.05 Å². The highest BCUT2D eigenvalue weighted by atomic mass is 16.5. The minimum atomic E-state index is -0.726. The zero-order valence-corrected chi connectivity index (χ0v) is 18.2. The number of hydrogen-bond donors (Lipinski definition) is 1. The van der Waals surface area contributed by atoms with Crippen molar-refractivity contribution < 1.29 is 19.1 Å². The Bertz CT molecular complexity index is 542. The largest absolute Gasteiger partial charge is 0.467 e. The van der Waals surface area contributed by atoms with Crippen LogP contribution in [0.5, 0.6) is 0 Å². The molecule has 0 radical (unpaired) electrons. The Morgan fingerprint density at radius 1 is 1.19 bits per heavy atom. The molecule has 3 unspecified atom stereocenters. The van der Waals surface area contributed by atoms with E-state index in [0.717, 1.165) is 25.8 Å². The van der Waals surface area contributed by atoms with E-state index in [2.05, 4.69) is 5.32 Å². The number of rotatable bonds is 6. The van der Waals surface area contributed by atoms with Crippen LogP contribution >= 0.6 is 0 Å². The molecule has 0 aromatic heterocycles. The fraction of sp³-hybridized carbons (Fsp3) is 0.850. The lowest BCUT2D eigenvalue weighted by molar-refractivity contribution is -0.155. The van der Waals surface area contributed by atoms with Gasteiger partial charge < -0.3 is 15.0 Å². The first-order valence-corrected chi connectivity index (χ1v) is 9.77. The van der Waals surface area contributed by atoms with Crippen LogP contribution in [-0.4, -0.2) is 73.5 Å². The molecule has 1 aliphatic rings. The number of esters is 1. The number of hydrogen-bond acceptors (Lipinski definition) is 5. The van der Waals surface area contributed by atoms with Gasteiger partial charge in [0.1, 0.15) is 12.1 Å². The summed E-state index contributed by atoms with van der Waals surface area (Å²) in [7, 11) is 4.86. The maximum absolute atomic E-state index is 13.2. The lowest BCUT2D eigenvalue weighted by atomic mass is 9.84. The van der Waals surface area contributed by atoms with Gasteiger partial charge in [0.2, 0.25) is 11.8 Å². The van der Waals surface area contributed by atoms with Crippen molar-refractivity contribution in [1.82, 2.24) is 15.1 Å². The van der Waals surface area contributed by atoms with E-state index in [9.17, 15) is 14.4 Å². The molecule has 1 heterocycles. The minimum absolute atomic E-state index is 0.104. The predicted octanol–water partition coefficient (Wildman–Crippen LogP) is 1.66. The first-order valence-electron chi connectivity index (χ1n) is 9.77. The number of amides is 2. The molecule has 1 rings (SSSR count). The standard InChI is InChI=1S/C20H37N3O4/c1-13(2)15(19(26)27-8)23(7)18(25)16(20(3,4)5)21-17(24)14-11-9-10-12-22(14)6/h13-16H,9-12H2,1-8H3,(H,21,24). The van der Waals surface area contributed by atoms with Crippen LogP contribution in [0, 0.1) is 11.3 Å². The van der Waals surface area contributed by atoms with E-state index in [1.165, 1.54) is 12.0 Å². The van der Waals surface area contributed by atoms with Gasteiger partial charge in [-0.05, 0) is 37.8 Å². The zero-order chi connectivity index (χ0) is 20.9. The Balaban J connectivity index is 3.03. The van der Waals surface area contributed by atoms with E-state index in [-0.39, 0.29) is 23.8 Å². The molecule has 0 aromatic rings. The van der Waals surface area contributed by atoms with Crippen molar-refractivity contribution in [3.05, 3.63) is 0 Å². The third kappa shape index (κ3) is 5.92. The monoisotopic (exact) mass is 383 g/mol. The molecule has 1 fully saturated rings. The second-order valence-corrected chi connectivity index (χ2v) is 8.96. The number of likely N-dealkylation sites (tertiary alicyclic amines) is 1. The summed E-state index contributed by atoms with van der Waals surface area (Å²) in [6, 6.07) is -1.64. The quantitative estimate of drug-likeness (QED) is 0.706. The summed E-state index contributed by atoms with van der Waals surface area (Å²) in [5.74, 6) is -0.963. The van der Waals surface area contributed by atoms with Gasteiger partial charge in [0.25, 0.3) is 0 Å². The summed E-state index contributed by atoms with van der Waals surface area (Å²) < 4.78 is 4.87. The van der Waals surface area contributed by atoms with Crippen LogP contribution in [0.1, 0.15) is 53.9 Å². The Morgan fingerprint density at radius 3 is 2.22 bits per heavy atom. The Kier molecular flexibility index (Phi) is 8.26. The zero-order valence-electron chi connectivity index (χ0n) is 18.2. The van der Waals surface area contributed by atoms with E-state index >= 15 is 0 Å². The first kappa shape index (κ1) is 23.4. The molecule has 2 amide bonds. The van der Waals surface area contributed by atoms with Gasteiger partial charge in [-0.25, -0.2) is 4.79 Å². The predicted molar refractivity (Wildman–Crippen MR) is 105 cm³/mol. The third-order valence-corrected chi connectivity index (χ3v) is 5.31. The smallest absolute Gasteiger partial charge is 0.328 e. The van der Waals surface area contributed by atoms with Crippen LogP contribution < -0.4 is 5.32 Å². The fourth-order valence-corrected chi connectivity index (χ4v) is 3.63. The van der Waals surface area contributed by atoms with Crippen molar-refractivity contribution in [3.63, 3.8) is 0 Å². The number of piperidine rings is 1. The normalized spacial score (nSPS) is 20.7. The van der Waals surface area contributed by atoms with Crippen LogP contribution in [0.3, 0.4) is 0 Å². The van der Waals surface area contributed by atoms with Crippen molar-refractivity contribution in [2.75, 3.05) is 27.7 Å². The highest BCUT2D eigenvalue weighted by Gasteiger charge is 2.41. The van der Waals surface area contributed by atoms with E-state index in [1.54, 1.807) is 7.05 Å². The number of nitrogens with zero attached hydrogens (tertiary/aromatic N) is 2. The highest BCUT2D eigenvalue weighted by molar-refractivity contribution is 5.92. The van der Waals surface area contributed by atoms with Crippen molar-refractivity contribution in [1.29, 1.82) is 0 Å². The van der Waals surface area contributed by atoms with Gasteiger partial charge in [-0.1, -0.05) is 41.0 Å². The molecule has 1 saturated heterocycles. The molecule has 0 aliphatic carbocycles. The molecule has 0 spiro atoms. The van der Waals surface area contributed by atoms with E-state index < -0.39 is 23.5 Å². The Morgan fingerprint density at radius 2 is 1.78 bits per heavy atom. The molecule has 0 aromatic carbocycles. The second kappa shape index (κ2) is 9.53. The van der Waals surface area contributed by atoms with Crippen LogP contribution in [0.15, 0.2) is 0 Å². The van der Waals surface area contributed by atoms with Gasteiger partial charge in [0.15, 0.2) is 0 Å². The average Bonchev–Trinajstić information content (AvgIpc) is 2.57. The summed E-state index contributed by atoms with van der Waals surface area (Å²) in [4.78, 5) is 41.7. The van der Waals surface area contributed by atoms with E-state index in [4.69, 9.17) is 4.74 Å². The van der Waals surface area contributed by atoms with E-state index in [0.29, 0.717) is 0 Å². The second-order valence-electron chi connectivity index (χ2n) is 8.96. The van der Waals surface area contributed by atoms with Gasteiger partial charge in [-0.2, -0.15) is 0 Å². The summed E-state index contributed by atoms with van der Waals surface area (Å²) in [6.45, 7) is 10.4. The molecule has 27 heavy (non-hydrogen) atoms. The van der Waals surface area contributed by atoms with Crippen molar-refractivity contribution in [2.45, 2.75) is 72.0 Å². The molecule has 0 bridgehead atoms. The summed E-state index contributed by atoms with van der Waals surface area (Å²) in [5, 5.41) is 2.96. The Labute approximate surface area is 163 Å². The van der Waals surface area contributed by atoms with Gasteiger partial charge in [-0.3, -0.25) is 14.5 Å². The SMILES string of the molecule is COC(=O)C(C(C)C)N(C)C(=O)C(NC(=O)C1CCCCN1C)C(C)(C)C. The molecule has 1 aliphatic heterocycles. The lowest BCUT2D eigenvalue weighted by Crippen LogP contribution is -2.60. The number of carbonyl (C=O) groups is 3. The number of ether oxygens (including phenoxy) is 1. The van der Waals surface area contributed by atoms with Crippen molar-refractivity contribution in [3.8, 4) is 0 Å². The molecular weight excluding hydrogens is 346 g/mol. The summed E-state index contributed by atoms with van der Waals surface area (Å²) >= 11 is 0. The molecule has 3 atom stereocenters. The Hall–Kier alpha value is -1.63. The maximum Gasteiger partial charge on any atom is 0.328 e. The van der Waals surface area contributed by atoms with Gasteiger partial charge in [-0.15, -0.1) is 0 Å². The van der Waals surface area contributed by atoms with E-state index in [1.807, 2.05) is 46.6 Å². The number of carbonyl (C=O) groups excluding carboxylic acids is 3. The molecule has 156 valence electrons. The number of likely N-dealkylation sites (N-methyl/N-ethyl adjacent to an activating group) is 2.